The summed E-state index contributed by atoms with van der Waals surface area (Å²) in [6.45, 7) is 5.02. The number of ether oxygens (including phenoxy) is 1. The van der Waals surface area contributed by atoms with Crippen LogP contribution in [-0.4, -0.2) is 12.9 Å². The van der Waals surface area contributed by atoms with Gasteiger partial charge >= 0.3 is 5.63 Å². The second kappa shape index (κ2) is 4.29. The van der Waals surface area contributed by atoms with E-state index < -0.39 is 5.63 Å². The Balaban J connectivity index is 2.95. The molecule has 2 aromatic rings. The zero-order valence-electron chi connectivity index (χ0n) is 10.8. The first kappa shape index (κ1) is 12.4. The highest BCUT2D eigenvalue weighted by molar-refractivity contribution is 6.00. The van der Waals surface area contributed by atoms with Crippen LogP contribution in [0, 0.1) is 13.8 Å². The van der Waals surface area contributed by atoms with Crippen LogP contribution in [0.15, 0.2) is 21.3 Å². The van der Waals surface area contributed by atoms with Crippen molar-refractivity contribution in [1.82, 2.24) is 0 Å². The average molecular weight is 246 g/mol. The van der Waals surface area contributed by atoms with Gasteiger partial charge in [-0.1, -0.05) is 0 Å². The Hall–Kier alpha value is -2.10. The molecule has 0 spiro atoms. The maximum atomic E-state index is 11.8. The molecule has 4 heteroatoms. The van der Waals surface area contributed by atoms with Crippen molar-refractivity contribution in [2.45, 2.75) is 20.8 Å². The van der Waals surface area contributed by atoms with Crippen molar-refractivity contribution in [3.63, 3.8) is 0 Å². The Morgan fingerprint density at radius 2 is 1.94 bits per heavy atom. The SMILES string of the molecule is COc1cc(C)c2c(C)c(C(C)=O)c(=O)oc2c1. The fraction of sp³-hybridized carbons (Fsp3) is 0.286. The smallest absolute Gasteiger partial charge is 0.347 e. The molecule has 1 aromatic heterocycles. The highest BCUT2D eigenvalue weighted by atomic mass is 16.5. The zero-order valence-corrected chi connectivity index (χ0v) is 10.8. The molecule has 0 saturated carbocycles. The van der Waals surface area contributed by atoms with Crippen LogP contribution in [0.4, 0.5) is 0 Å². The van der Waals surface area contributed by atoms with Crippen molar-refractivity contribution in [1.29, 1.82) is 0 Å². The summed E-state index contributed by atoms with van der Waals surface area (Å²) in [4.78, 5) is 23.3. The van der Waals surface area contributed by atoms with Gasteiger partial charge in [-0.15, -0.1) is 0 Å². The van der Waals surface area contributed by atoms with Gasteiger partial charge in [-0.05, 0) is 38.0 Å². The van der Waals surface area contributed by atoms with Gasteiger partial charge in [0.15, 0.2) is 5.78 Å². The summed E-state index contributed by atoms with van der Waals surface area (Å²) in [6.07, 6.45) is 0. The Kier molecular flexibility index (Phi) is 2.95. The van der Waals surface area contributed by atoms with Gasteiger partial charge in [-0.3, -0.25) is 4.79 Å². The number of methoxy groups -OCH3 is 1. The maximum absolute atomic E-state index is 11.8. The zero-order chi connectivity index (χ0) is 13.4. The van der Waals surface area contributed by atoms with Crippen LogP contribution in [0.2, 0.25) is 0 Å². The van der Waals surface area contributed by atoms with Gasteiger partial charge in [-0.25, -0.2) is 4.79 Å². The van der Waals surface area contributed by atoms with Crippen LogP contribution in [0.25, 0.3) is 11.0 Å². The van der Waals surface area contributed by atoms with E-state index in [9.17, 15) is 9.59 Å². The van der Waals surface area contributed by atoms with E-state index in [2.05, 4.69) is 0 Å². The molecular weight excluding hydrogens is 232 g/mol. The van der Waals surface area contributed by atoms with Crippen LogP contribution < -0.4 is 10.4 Å². The second-order valence-electron chi connectivity index (χ2n) is 4.26. The summed E-state index contributed by atoms with van der Waals surface area (Å²) in [5.41, 5.74) is 1.54. The number of ketones is 1. The third kappa shape index (κ3) is 1.79. The predicted molar refractivity (Wildman–Crippen MR) is 68.5 cm³/mol. The van der Waals surface area contributed by atoms with Crippen LogP contribution in [-0.2, 0) is 0 Å². The number of hydrogen-bond donors (Lipinski definition) is 0. The van der Waals surface area contributed by atoms with E-state index in [0.29, 0.717) is 16.9 Å². The molecule has 1 heterocycles. The first-order valence-electron chi connectivity index (χ1n) is 5.58. The topological polar surface area (TPSA) is 56.5 Å². The molecular formula is C14H14O4. The van der Waals surface area contributed by atoms with Gasteiger partial charge in [0, 0.05) is 11.5 Å². The summed E-state index contributed by atoms with van der Waals surface area (Å²) in [5.74, 6) is 0.344. The normalized spacial score (nSPS) is 10.7. The molecule has 0 aliphatic heterocycles. The van der Waals surface area contributed by atoms with Gasteiger partial charge in [-0.2, -0.15) is 0 Å². The predicted octanol–water partition coefficient (Wildman–Crippen LogP) is 2.62. The molecule has 0 bridgehead atoms. The number of rotatable bonds is 2. The van der Waals surface area contributed by atoms with Gasteiger partial charge in [0.2, 0.25) is 0 Å². The molecule has 0 amide bonds. The molecule has 0 aliphatic carbocycles. The number of aryl methyl sites for hydroxylation is 2. The quantitative estimate of drug-likeness (QED) is 0.603. The molecule has 0 atom stereocenters. The lowest BCUT2D eigenvalue weighted by Crippen LogP contribution is -2.14. The van der Waals surface area contributed by atoms with E-state index >= 15 is 0 Å². The summed E-state index contributed by atoms with van der Waals surface area (Å²) in [7, 11) is 1.55. The third-order valence-electron chi connectivity index (χ3n) is 3.02. The van der Waals surface area contributed by atoms with Gasteiger partial charge in [0.1, 0.15) is 16.9 Å². The summed E-state index contributed by atoms with van der Waals surface area (Å²) < 4.78 is 10.3. The Morgan fingerprint density at radius 1 is 1.28 bits per heavy atom. The second-order valence-corrected chi connectivity index (χ2v) is 4.26. The monoisotopic (exact) mass is 246 g/mol. The first-order chi connectivity index (χ1) is 8.45. The minimum atomic E-state index is -0.597. The first-order valence-corrected chi connectivity index (χ1v) is 5.58. The molecule has 4 nitrogen and oxygen atoms in total. The Bertz CT molecular complexity index is 695. The minimum Gasteiger partial charge on any atom is -0.497 e. The minimum absolute atomic E-state index is 0.121. The largest absolute Gasteiger partial charge is 0.497 e. The van der Waals surface area contributed by atoms with Crippen LogP contribution in [0.5, 0.6) is 5.75 Å². The molecule has 0 N–H and O–H groups in total. The summed E-state index contributed by atoms with van der Waals surface area (Å²) in [5, 5.41) is 0.792. The van der Waals surface area contributed by atoms with Crippen molar-refractivity contribution in [2.75, 3.05) is 7.11 Å². The van der Waals surface area contributed by atoms with Gasteiger partial charge in [0.05, 0.1) is 7.11 Å². The summed E-state index contributed by atoms with van der Waals surface area (Å²) >= 11 is 0. The Labute approximate surface area is 104 Å². The van der Waals surface area contributed by atoms with Crippen molar-refractivity contribution in [3.05, 3.63) is 39.2 Å². The molecule has 1 aromatic carbocycles. The fourth-order valence-corrected chi connectivity index (χ4v) is 2.24. The van der Waals surface area contributed by atoms with Crippen molar-refractivity contribution >= 4 is 16.8 Å². The summed E-state index contributed by atoms with van der Waals surface area (Å²) in [6, 6.07) is 3.50. The van der Waals surface area contributed by atoms with E-state index in [4.69, 9.17) is 9.15 Å². The van der Waals surface area contributed by atoms with E-state index in [1.807, 2.05) is 13.0 Å². The molecule has 94 valence electrons. The standard InChI is InChI=1S/C14H14O4/c1-7-5-10(17-4)6-11-12(7)8(2)13(9(3)15)14(16)18-11/h5-6H,1-4H3. The lowest BCUT2D eigenvalue weighted by atomic mass is 10.00. The van der Waals surface area contributed by atoms with Crippen molar-refractivity contribution in [3.8, 4) is 5.75 Å². The lowest BCUT2D eigenvalue weighted by Gasteiger charge is -2.09. The third-order valence-corrected chi connectivity index (χ3v) is 3.02. The molecule has 0 fully saturated rings. The highest BCUT2D eigenvalue weighted by Gasteiger charge is 2.17. The van der Waals surface area contributed by atoms with Crippen LogP contribution >= 0.6 is 0 Å². The van der Waals surface area contributed by atoms with E-state index in [0.717, 1.165) is 10.9 Å². The average Bonchev–Trinajstić information content (AvgIpc) is 2.26. The number of hydrogen-bond acceptors (Lipinski definition) is 4. The molecule has 18 heavy (non-hydrogen) atoms. The fourth-order valence-electron chi connectivity index (χ4n) is 2.24. The highest BCUT2D eigenvalue weighted by Crippen LogP contribution is 2.27. The van der Waals surface area contributed by atoms with Crippen LogP contribution in [0.1, 0.15) is 28.4 Å². The maximum Gasteiger partial charge on any atom is 0.347 e. The number of carbonyl (C=O) groups excluding carboxylic acids is 1. The van der Waals surface area contributed by atoms with Crippen molar-refractivity contribution in [2.24, 2.45) is 0 Å². The van der Waals surface area contributed by atoms with E-state index in [1.54, 1.807) is 20.1 Å². The molecule has 0 saturated heterocycles. The number of fused-ring (bicyclic) bond motifs is 1. The molecule has 2 rings (SSSR count). The van der Waals surface area contributed by atoms with Gasteiger partial charge in [0.25, 0.3) is 0 Å². The van der Waals surface area contributed by atoms with Crippen LogP contribution in [0.3, 0.4) is 0 Å². The lowest BCUT2D eigenvalue weighted by molar-refractivity contribution is 0.101. The molecule has 0 unspecified atom stereocenters. The number of benzene rings is 1. The van der Waals surface area contributed by atoms with E-state index in [1.165, 1.54) is 6.92 Å². The molecule has 0 radical (unpaired) electrons. The number of Topliss-reactive ketones (excluding diaryl/α,β-unsaturated/α-hetero) is 1. The van der Waals surface area contributed by atoms with Crippen molar-refractivity contribution < 1.29 is 13.9 Å². The number of carbonyl (C=O) groups is 1. The van der Waals surface area contributed by atoms with E-state index in [-0.39, 0.29) is 11.3 Å². The Morgan fingerprint density at radius 3 is 2.50 bits per heavy atom. The molecule has 0 aliphatic rings. The van der Waals surface area contributed by atoms with Gasteiger partial charge < -0.3 is 9.15 Å².